The number of nitrogens with zero attached hydrogens (tertiary/aromatic N) is 3. The Hall–Kier alpha value is -2.22. The molecule has 0 radical (unpaired) electrons. The Morgan fingerprint density at radius 2 is 1.61 bits per heavy atom. The van der Waals surface area contributed by atoms with E-state index in [4.69, 9.17) is 4.74 Å². The summed E-state index contributed by atoms with van der Waals surface area (Å²) in [5.74, 6) is -0.621. The fourth-order valence-corrected chi connectivity index (χ4v) is 5.21. The number of hydrogen-bond acceptors (Lipinski definition) is 6. The third-order valence-corrected chi connectivity index (χ3v) is 7.19. The van der Waals surface area contributed by atoms with Gasteiger partial charge in [0.1, 0.15) is 0 Å². The van der Waals surface area contributed by atoms with Gasteiger partial charge in [0.15, 0.2) is 0 Å². The zero-order valence-corrected chi connectivity index (χ0v) is 19.0. The lowest BCUT2D eigenvalue weighted by Crippen LogP contribution is -2.56. The molecule has 0 bridgehead atoms. The summed E-state index contributed by atoms with van der Waals surface area (Å²) in [6.07, 6.45) is -4.86. The molecule has 1 atom stereocenters. The topological polar surface area (TPSA) is 99.3 Å². The molecule has 2 saturated heterocycles. The molecule has 13 heteroatoms. The van der Waals surface area contributed by atoms with Gasteiger partial charge in [0.05, 0.1) is 36.3 Å². The first-order chi connectivity index (χ1) is 15.5. The minimum Gasteiger partial charge on any atom is -0.379 e. The van der Waals surface area contributed by atoms with E-state index in [0.29, 0.717) is 45.5 Å². The predicted octanol–water partition coefficient (Wildman–Crippen LogP) is 0.375. The molecule has 2 aliphatic rings. The molecular formula is C20H27F3N4O5S. The highest BCUT2D eigenvalue weighted by Crippen LogP contribution is 2.33. The number of ether oxygens (including phenoxy) is 1. The highest BCUT2D eigenvalue weighted by molar-refractivity contribution is 7.89. The van der Waals surface area contributed by atoms with E-state index in [1.165, 1.54) is 17.9 Å². The normalized spacial score (nSPS) is 19.4. The zero-order chi connectivity index (χ0) is 24.2. The van der Waals surface area contributed by atoms with Crippen LogP contribution in [0.3, 0.4) is 0 Å². The van der Waals surface area contributed by atoms with Gasteiger partial charge in [-0.05, 0) is 19.1 Å². The highest BCUT2D eigenvalue weighted by Gasteiger charge is 2.38. The molecule has 0 spiro atoms. The van der Waals surface area contributed by atoms with E-state index in [1.807, 2.05) is 4.90 Å². The molecule has 2 aliphatic heterocycles. The molecule has 0 saturated carbocycles. The molecule has 0 aromatic heterocycles. The summed E-state index contributed by atoms with van der Waals surface area (Å²) < 4.78 is 72.1. The van der Waals surface area contributed by atoms with Crippen LogP contribution < -0.4 is 4.72 Å². The predicted molar refractivity (Wildman–Crippen MR) is 112 cm³/mol. The smallest absolute Gasteiger partial charge is 0.379 e. The lowest BCUT2D eigenvalue weighted by atomic mass is 10.2. The van der Waals surface area contributed by atoms with Gasteiger partial charge < -0.3 is 14.5 Å². The van der Waals surface area contributed by atoms with E-state index in [2.05, 4.69) is 4.72 Å². The number of sulfonamides is 1. The number of nitrogens with one attached hydrogen (secondary N) is 1. The first-order valence-corrected chi connectivity index (χ1v) is 12.0. The van der Waals surface area contributed by atoms with Crippen molar-refractivity contribution in [3.8, 4) is 0 Å². The van der Waals surface area contributed by atoms with Crippen molar-refractivity contribution in [3.63, 3.8) is 0 Å². The van der Waals surface area contributed by atoms with Gasteiger partial charge in [-0.1, -0.05) is 12.1 Å². The summed E-state index contributed by atoms with van der Waals surface area (Å²) in [7, 11) is -4.60. The van der Waals surface area contributed by atoms with Crippen LogP contribution in [-0.2, 0) is 30.5 Å². The standard InChI is InChI=1S/C20H27F3N4O5S/c1-15(24-33(30,31)17-5-3-2-4-16(17)20(21,22)23)19(29)27-8-6-26(7-9-27)18(28)14-25-10-12-32-13-11-25/h2-5,15,24H,6-14H2,1H3/t15-/m0/s1. The Balaban J connectivity index is 1.56. The molecule has 1 aromatic carbocycles. The van der Waals surface area contributed by atoms with E-state index in [0.717, 1.165) is 12.1 Å². The second-order valence-corrected chi connectivity index (χ2v) is 9.61. The lowest BCUT2D eigenvalue weighted by Gasteiger charge is -2.37. The fourth-order valence-electron chi connectivity index (χ4n) is 3.78. The summed E-state index contributed by atoms with van der Waals surface area (Å²) in [5, 5.41) is 0. The molecule has 2 amide bonds. The van der Waals surface area contributed by atoms with Crippen LogP contribution in [0.15, 0.2) is 29.2 Å². The first-order valence-electron chi connectivity index (χ1n) is 10.5. The molecule has 2 heterocycles. The number of rotatable bonds is 6. The Morgan fingerprint density at radius 3 is 2.21 bits per heavy atom. The number of carbonyl (C=O) groups excluding carboxylic acids is 2. The van der Waals surface area contributed by atoms with Crippen LogP contribution in [0, 0.1) is 0 Å². The summed E-state index contributed by atoms with van der Waals surface area (Å²) in [4.78, 5) is 29.3. The number of piperazine rings is 1. The number of amides is 2. The van der Waals surface area contributed by atoms with Gasteiger partial charge in [0.2, 0.25) is 21.8 Å². The summed E-state index contributed by atoms with van der Waals surface area (Å²) in [6.45, 7) is 5.08. The summed E-state index contributed by atoms with van der Waals surface area (Å²) >= 11 is 0. The van der Waals surface area contributed by atoms with E-state index >= 15 is 0 Å². The lowest BCUT2D eigenvalue weighted by molar-refractivity contribution is -0.141. The Morgan fingerprint density at radius 1 is 1.03 bits per heavy atom. The van der Waals surface area contributed by atoms with Gasteiger partial charge in [-0.2, -0.15) is 17.9 Å². The van der Waals surface area contributed by atoms with Crippen LogP contribution in [0.2, 0.25) is 0 Å². The van der Waals surface area contributed by atoms with Gasteiger partial charge >= 0.3 is 6.18 Å². The Bertz CT molecular complexity index is 959. The van der Waals surface area contributed by atoms with Crippen molar-refractivity contribution in [2.75, 3.05) is 59.0 Å². The van der Waals surface area contributed by atoms with Gasteiger partial charge in [-0.15, -0.1) is 0 Å². The Kier molecular flexibility index (Phi) is 7.98. The van der Waals surface area contributed by atoms with E-state index < -0.39 is 38.6 Å². The average molecular weight is 493 g/mol. The maximum atomic E-state index is 13.2. The van der Waals surface area contributed by atoms with E-state index in [9.17, 15) is 31.2 Å². The maximum absolute atomic E-state index is 13.2. The highest BCUT2D eigenvalue weighted by atomic mass is 32.2. The Labute approximate surface area is 190 Å². The number of halogens is 3. The van der Waals surface area contributed by atoms with Crippen molar-refractivity contribution in [2.45, 2.75) is 24.0 Å². The first kappa shape index (κ1) is 25.4. The molecule has 2 fully saturated rings. The van der Waals surface area contributed by atoms with E-state index in [1.54, 1.807) is 4.90 Å². The molecule has 1 N–H and O–H groups in total. The third kappa shape index (κ3) is 6.43. The second kappa shape index (κ2) is 10.4. The van der Waals surface area contributed by atoms with Crippen LogP contribution in [-0.4, -0.2) is 100 Å². The molecule has 9 nitrogen and oxygen atoms in total. The molecule has 184 valence electrons. The van der Waals surface area contributed by atoms with E-state index in [-0.39, 0.29) is 25.5 Å². The quantitative estimate of drug-likeness (QED) is 0.617. The summed E-state index contributed by atoms with van der Waals surface area (Å²) in [5.41, 5.74) is -1.30. The van der Waals surface area contributed by atoms with Gasteiger partial charge in [-0.3, -0.25) is 14.5 Å². The van der Waals surface area contributed by atoms with Crippen molar-refractivity contribution in [1.82, 2.24) is 19.4 Å². The number of carbonyl (C=O) groups is 2. The van der Waals surface area contributed by atoms with Crippen molar-refractivity contribution in [2.24, 2.45) is 0 Å². The van der Waals surface area contributed by atoms with Gasteiger partial charge in [0.25, 0.3) is 0 Å². The van der Waals surface area contributed by atoms with Crippen LogP contribution in [0.5, 0.6) is 0 Å². The molecule has 0 aliphatic carbocycles. The maximum Gasteiger partial charge on any atom is 0.417 e. The van der Waals surface area contributed by atoms with Crippen molar-refractivity contribution >= 4 is 21.8 Å². The second-order valence-electron chi connectivity index (χ2n) is 7.93. The van der Waals surface area contributed by atoms with Crippen LogP contribution in [0.4, 0.5) is 13.2 Å². The van der Waals surface area contributed by atoms with Crippen molar-refractivity contribution in [3.05, 3.63) is 29.8 Å². The SMILES string of the molecule is C[C@H](NS(=O)(=O)c1ccccc1C(F)(F)F)C(=O)N1CCN(C(=O)CN2CCOCC2)CC1. The average Bonchev–Trinajstić information content (AvgIpc) is 2.78. The molecule has 1 aromatic rings. The van der Waals surface area contributed by atoms with Crippen LogP contribution in [0.1, 0.15) is 12.5 Å². The molecule has 3 rings (SSSR count). The van der Waals surface area contributed by atoms with Crippen LogP contribution >= 0.6 is 0 Å². The van der Waals surface area contributed by atoms with Crippen molar-refractivity contribution in [1.29, 1.82) is 0 Å². The number of morpholine rings is 1. The number of hydrogen-bond donors (Lipinski definition) is 1. The molecular weight excluding hydrogens is 465 g/mol. The minimum absolute atomic E-state index is 0.0542. The van der Waals surface area contributed by atoms with Gasteiger partial charge in [-0.25, -0.2) is 8.42 Å². The molecule has 0 unspecified atom stereocenters. The number of alkyl halides is 3. The monoisotopic (exact) mass is 492 g/mol. The van der Waals surface area contributed by atoms with Crippen LogP contribution in [0.25, 0.3) is 0 Å². The minimum atomic E-state index is -4.86. The largest absolute Gasteiger partial charge is 0.417 e. The zero-order valence-electron chi connectivity index (χ0n) is 18.2. The summed E-state index contributed by atoms with van der Waals surface area (Å²) in [6, 6.07) is 2.53. The number of benzene rings is 1. The third-order valence-electron chi connectivity index (χ3n) is 5.59. The van der Waals surface area contributed by atoms with Crippen molar-refractivity contribution < 1.29 is 35.9 Å². The fraction of sp³-hybridized carbons (Fsp3) is 0.600. The van der Waals surface area contributed by atoms with Gasteiger partial charge in [0, 0.05) is 39.3 Å². The molecule has 33 heavy (non-hydrogen) atoms.